The molecule has 2 aromatic rings. The Kier molecular flexibility index (Phi) is 3.22. The molecular weight excluding hydrogens is 236 g/mol. The van der Waals surface area contributed by atoms with Crippen molar-refractivity contribution in [2.45, 2.75) is 20.0 Å². The lowest BCUT2D eigenvalue weighted by Crippen LogP contribution is -2.02. The zero-order valence-electron chi connectivity index (χ0n) is 10.4. The van der Waals surface area contributed by atoms with Gasteiger partial charge in [-0.1, -0.05) is 0 Å². The summed E-state index contributed by atoms with van der Waals surface area (Å²) in [5, 5.41) is 16.6. The van der Waals surface area contributed by atoms with Gasteiger partial charge in [0.15, 0.2) is 0 Å². The molecule has 0 bridgehead atoms. The maximum Gasteiger partial charge on any atom is 0.217 e. The maximum absolute atomic E-state index is 10.4. The van der Waals surface area contributed by atoms with E-state index in [1.165, 1.54) is 4.88 Å². The number of methoxy groups -OCH3 is 1. The SMILES string of the molecule is COc1c(C(O)c2csc(C)c2)c(C)nn1C. The van der Waals surface area contributed by atoms with Crippen LogP contribution in [0.1, 0.15) is 27.8 Å². The van der Waals surface area contributed by atoms with Crippen LogP contribution >= 0.6 is 11.3 Å². The van der Waals surface area contributed by atoms with Gasteiger partial charge >= 0.3 is 0 Å². The number of aromatic nitrogens is 2. The Labute approximate surface area is 104 Å². The lowest BCUT2D eigenvalue weighted by molar-refractivity contribution is 0.213. The molecule has 0 aromatic carbocycles. The first-order chi connectivity index (χ1) is 8.04. The van der Waals surface area contributed by atoms with Crippen molar-refractivity contribution in [1.29, 1.82) is 0 Å². The quantitative estimate of drug-likeness (QED) is 0.911. The molecule has 92 valence electrons. The zero-order valence-corrected chi connectivity index (χ0v) is 11.2. The lowest BCUT2D eigenvalue weighted by Gasteiger charge is -2.10. The lowest BCUT2D eigenvalue weighted by atomic mass is 10.0. The van der Waals surface area contributed by atoms with Crippen molar-refractivity contribution >= 4 is 11.3 Å². The number of aryl methyl sites for hydroxylation is 3. The molecule has 1 unspecified atom stereocenters. The Morgan fingerprint density at radius 2 is 2.18 bits per heavy atom. The van der Waals surface area contributed by atoms with Crippen LogP contribution in [0, 0.1) is 13.8 Å². The van der Waals surface area contributed by atoms with E-state index in [-0.39, 0.29) is 0 Å². The van der Waals surface area contributed by atoms with E-state index in [2.05, 4.69) is 5.10 Å². The van der Waals surface area contributed by atoms with E-state index in [4.69, 9.17) is 4.74 Å². The van der Waals surface area contributed by atoms with E-state index in [9.17, 15) is 5.11 Å². The van der Waals surface area contributed by atoms with Crippen LogP contribution in [-0.2, 0) is 7.05 Å². The maximum atomic E-state index is 10.4. The van der Waals surface area contributed by atoms with Gasteiger partial charge in [0.25, 0.3) is 0 Å². The van der Waals surface area contributed by atoms with Gasteiger partial charge in [0.1, 0.15) is 6.10 Å². The molecule has 0 spiro atoms. The summed E-state index contributed by atoms with van der Waals surface area (Å²) in [5.41, 5.74) is 2.43. The largest absolute Gasteiger partial charge is 0.481 e. The second-order valence-electron chi connectivity index (χ2n) is 4.03. The van der Waals surface area contributed by atoms with Gasteiger partial charge in [0.2, 0.25) is 5.88 Å². The monoisotopic (exact) mass is 252 g/mol. The highest BCUT2D eigenvalue weighted by atomic mass is 32.1. The average molecular weight is 252 g/mol. The second kappa shape index (κ2) is 4.50. The van der Waals surface area contributed by atoms with Gasteiger partial charge < -0.3 is 9.84 Å². The summed E-state index contributed by atoms with van der Waals surface area (Å²) >= 11 is 1.63. The van der Waals surface area contributed by atoms with Crippen molar-refractivity contribution in [3.8, 4) is 5.88 Å². The first-order valence-electron chi connectivity index (χ1n) is 5.35. The van der Waals surface area contributed by atoms with Crippen molar-refractivity contribution < 1.29 is 9.84 Å². The van der Waals surface area contributed by atoms with Crippen LogP contribution in [0.5, 0.6) is 5.88 Å². The Hall–Kier alpha value is -1.33. The highest BCUT2D eigenvalue weighted by Crippen LogP contribution is 2.33. The summed E-state index contributed by atoms with van der Waals surface area (Å²) < 4.78 is 6.94. The number of aliphatic hydroxyl groups excluding tert-OH is 1. The Balaban J connectivity index is 2.46. The normalized spacial score (nSPS) is 12.8. The molecule has 0 saturated heterocycles. The fraction of sp³-hybridized carbons (Fsp3) is 0.417. The smallest absolute Gasteiger partial charge is 0.217 e. The molecule has 0 saturated carbocycles. The summed E-state index contributed by atoms with van der Waals surface area (Å²) in [7, 11) is 3.40. The number of thiophene rings is 1. The van der Waals surface area contributed by atoms with E-state index in [0.29, 0.717) is 5.88 Å². The minimum atomic E-state index is -0.677. The van der Waals surface area contributed by atoms with Gasteiger partial charge in [0.05, 0.1) is 18.4 Å². The molecule has 0 aliphatic carbocycles. The standard InChI is InChI=1S/C12H16N2O2S/c1-7-5-9(6-17-7)11(15)10-8(2)13-14(3)12(10)16-4/h5-6,11,15H,1-4H3. The molecule has 0 fully saturated rings. The van der Waals surface area contributed by atoms with Crippen molar-refractivity contribution in [2.24, 2.45) is 7.05 Å². The highest BCUT2D eigenvalue weighted by molar-refractivity contribution is 7.10. The summed E-state index contributed by atoms with van der Waals surface area (Å²) in [6.45, 7) is 3.90. The van der Waals surface area contributed by atoms with E-state index < -0.39 is 6.10 Å². The molecule has 2 rings (SSSR count). The van der Waals surface area contributed by atoms with Gasteiger partial charge in [0, 0.05) is 11.9 Å². The molecule has 1 N–H and O–H groups in total. The first kappa shape index (κ1) is 12.1. The van der Waals surface area contributed by atoms with E-state index in [0.717, 1.165) is 16.8 Å². The average Bonchev–Trinajstić information content (AvgIpc) is 2.81. The third-order valence-corrected chi connectivity index (χ3v) is 3.63. The molecule has 4 nitrogen and oxygen atoms in total. The molecule has 0 amide bonds. The minimum absolute atomic E-state index is 0.610. The third kappa shape index (κ3) is 2.08. The number of ether oxygens (including phenoxy) is 1. The van der Waals surface area contributed by atoms with Crippen molar-refractivity contribution in [1.82, 2.24) is 9.78 Å². The van der Waals surface area contributed by atoms with Crippen LogP contribution in [0.3, 0.4) is 0 Å². The van der Waals surface area contributed by atoms with Gasteiger partial charge in [-0.15, -0.1) is 11.3 Å². The fourth-order valence-corrected chi connectivity index (χ4v) is 2.71. The predicted molar refractivity (Wildman–Crippen MR) is 67.6 cm³/mol. The molecule has 2 aromatic heterocycles. The summed E-state index contributed by atoms with van der Waals surface area (Å²) in [4.78, 5) is 1.18. The van der Waals surface area contributed by atoms with Crippen LogP contribution in [0.2, 0.25) is 0 Å². The molecule has 5 heteroatoms. The summed E-state index contributed by atoms with van der Waals surface area (Å²) in [6.07, 6.45) is -0.677. The minimum Gasteiger partial charge on any atom is -0.481 e. The third-order valence-electron chi connectivity index (χ3n) is 2.75. The summed E-state index contributed by atoms with van der Waals surface area (Å²) in [5.74, 6) is 0.610. The van der Waals surface area contributed by atoms with E-state index >= 15 is 0 Å². The van der Waals surface area contributed by atoms with Gasteiger partial charge in [-0.25, -0.2) is 4.68 Å². The van der Waals surface area contributed by atoms with Crippen molar-refractivity contribution in [3.05, 3.63) is 33.1 Å². The van der Waals surface area contributed by atoms with Crippen molar-refractivity contribution in [2.75, 3.05) is 7.11 Å². The highest BCUT2D eigenvalue weighted by Gasteiger charge is 2.23. The molecule has 0 aliphatic heterocycles. The molecule has 0 radical (unpaired) electrons. The van der Waals surface area contributed by atoms with Gasteiger partial charge in [-0.2, -0.15) is 5.10 Å². The Morgan fingerprint density at radius 1 is 1.47 bits per heavy atom. The number of nitrogens with zero attached hydrogens (tertiary/aromatic N) is 2. The van der Waals surface area contributed by atoms with Crippen molar-refractivity contribution in [3.63, 3.8) is 0 Å². The summed E-state index contributed by atoms with van der Waals surface area (Å²) in [6, 6.07) is 1.99. The fourth-order valence-electron chi connectivity index (χ4n) is 1.98. The first-order valence-corrected chi connectivity index (χ1v) is 6.23. The van der Waals surface area contributed by atoms with E-state index in [1.807, 2.05) is 25.3 Å². The predicted octanol–water partition coefficient (Wildman–Crippen LogP) is 2.19. The Morgan fingerprint density at radius 3 is 2.71 bits per heavy atom. The molecule has 2 heterocycles. The van der Waals surface area contributed by atoms with Crippen LogP contribution in [-0.4, -0.2) is 22.0 Å². The van der Waals surface area contributed by atoms with Crippen LogP contribution < -0.4 is 4.74 Å². The van der Waals surface area contributed by atoms with Gasteiger partial charge in [-0.05, 0) is 30.9 Å². The number of hydrogen-bond donors (Lipinski definition) is 1. The number of aliphatic hydroxyl groups is 1. The van der Waals surface area contributed by atoms with Crippen LogP contribution in [0.25, 0.3) is 0 Å². The molecule has 0 aliphatic rings. The number of hydrogen-bond acceptors (Lipinski definition) is 4. The molecule has 1 atom stereocenters. The second-order valence-corrected chi connectivity index (χ2v) is 5.14. The topological polar surface area (TPSA) is 47.3 Å². The van der Waals surface area contributed by atoms with E-state index in [1.54, 1.807) is 30.2 Å². The Bertz CT molecular complexity index is 531. The molecular formula is C12H16N2O2S. The van der Waals surface area contributed by atoms with Gasteiger partial charge in [-0.3, -0.25) is 0 Å². The number of rotatable bonds is 3. The van der Waals surface area contributed by atoms with Crippen LogP contribution in [0.15, 0.2) is 11.4 Å². The van der Waals surface area contributed by atoms with Crippen LogP contribution in [0.4, 0.5) is 0 Å². The molecule has 17 heavy (non-hydrogen) atoms. The zero-order chi connectivity index (χ0) is 12.6.